The molecule has 2 aromatic rings. The normalized spacial score (nSPS) is 10.2. The maximum atomic E-state index is 12.2. The van der Waals surface area contributed by atoms with Crippen LogP contribution in [0.3, 0.4) is 0 Å². The maximum absolute atomic E-state index is 12.2. The van der Waals surface area contributed by atoms with Gasteiger partial charge in [-0.3, -0.25) is 4.79 Å². The van der Waals surface area contributed by atoms with Crippen molar-refractivity contribution in [3.63, 3.8) is 0 Å². The van der Waals surface area contributed by atoms with Gasteiger partial charge in [-0.1, -0.05) is 0 Å². The number of benzene rings is 2. The van der Waals surface area contributed by atoms with Crippen molar-refractivity contribution >= 4 is 33.2 Å². The van der Waals surface area contributed by atoms with Crippen LogP contribution in [0.4, 0.5) is 11.4 Å². The number of aryl methyl sites for hydroxylation is 1. The van der Waals surface area contributed by atoms with Gasteiger partial charge in [-0.2, -0.15) is 0 Å². The van der Waals surface area contributed by atoms with Gasteiger partial charge in [-0.25, -0.2) is 0 Å². The molecule has 0 saturated heterocycles. The van der Waals surface area contributed by atoms with Gasteiger partial charge in [0.2, 0.25) is 0 Å². The van der Waals surface area contributed by atoms with Crippen LogP contribution in [0, 0.1) is 6.92 Å². The quantitative estimate of drug-likeness (QED) is 0.821. The van der Waals surface area contributed by atoms with E-state index in [2.05, 4.69) is 21.2 Å². The molecule has 2 rings (SSSR count). The van der Waals surface area contributed by atoms with Crippen molar-refractivity contribution in [1.29, 1.82) is 0 Å². The highest BCUT2D eigenvalue weighted by Gasteiger charge is 2.09. The zero-order chi connectivity index (χ0) is 15.4. The number of nitrogen functional groups attached to an aromatic ring is 1. The molecule has 0 aliphatic carbocycles. The molecule has 0 heterocycles. The highest BCUT2D eigenvalue weighted by molar-refractivity contribution is 9.10. The van der Waals surface area contributed by atoms with Crippen molar-refractivity contribution < 1.29 is 9.53 Å². The van der Waals surface area contributed by atoms with Crippen molar-refractivity contribution in [2.75, 3.05) is 17.7 Å². The van der Waals surface area contributed by atoms with E-state index < -0.39 is 0 Å². The molecule has 0 aliphatic heterocycles. The Morgan fingerprint density at radius 2 is 2.05 bits per heavy atom. The van der Waals surface area contributed by atoms with Crippen LogP contribution in [-0.4, -0.2) is 12.5 Å². The molecule has 4 nitrogen and oxygen atoms in total. The number of hydrogen-bond donors (Lipinski definition) is 2. The summed E-state index contributed by atoms with van der Waals surface area (Å²) in [5.41, 5.74) is 8.57. The number of ether oxygens (including phenoxy) is 1. The van der Waals surface area contributed by atoms with Gasteiger partial charge in [0.1, 0.15) is 5.75 Å². The van der Waals surface area contributed by atoms with E-state index >= 15 is 0 Å². The highest BCUT2D eigenvalue weighted by Crippen LogP contribution is 2.24. The summed E-state index contributed by atoms with van der Waals surface area (Å²) in [6.07, 6.45) is 0. The molecule has 110 valence electrons. The van der Waals surface area contributed by atoms with Crippen molar-refractivity contribution in [2.45, 2.75) is 13.8 Å². The van der Waals surface area contributed by atoms with Gasteiger partial charge in [0.15, 0.2) is 0 Å². The van der Waals surface area contributed by atoms with Crippen molar-refractivity contribution in [3.05, 3.63) is 52.0 Å². The number of nitrogens with two attached hydrogens (primary N) is 1. The summed E-state index contributed by atoms with van der Waals surface area (Å²) in [6.45, 7) is 4.48. The summed E-state index contributed by atoms with van der Waals surface area (Å²) < 4.78 is 6.13. The van der Waals surface area contributed by atoms with Crippen molar-refractivity contribution in [1.82, 2.24) is 0 Å². The second-order valence-corrected chi connectivity index (χ2v) is 5.45. The predicted molar refractivity (Wildman–Crippen MR) is 88.9 cm³/mol. The Bertz CT molecular complexity index is 671. The van der Waals surface area contributed by atoms with E-state index in [9.17, 15) is 4.79 Å². The predicted octanol–water partition coefficient (Wildman–Crippen LogP) is 3.99. The second kappa shape index (κ2) is 6.63. The summed E-state index contributed by atoms with van der Waals surface area (Å²) in [6, 6.07) is 10.7. The first-order valence-electron chi connectivity index (χ1n) is 6.61. The number of carbonyl (C=O) groups is 1. The van der Waals surface area contributed by atoms with Crippen LogP contribution < -0.4 is 15.8 Å². The average molecular weight is 349 g/mol. The number of amides is 1. The fraction of sp³-hybridized carbons (Fsp3) is 0.188. The van der Waals surface area contributed by atoms with Gasteiger partial charge in [0.25, 0.3) is 5.91 Å². The van der Waals surface area contributed by atoms with Crippen LogP contribution in [0.25, 0.3) is 0 Å². The molecule has 21 heavy (non-hydrogen) atoms. The van der Waals surface area contributed by atoms with E-state index in [-0.39, 0.29) is 5.91 Å². The maximum Gasteiger partial charge on any atom is 0.255 e. The van der Waals surface area contributed by atoms with Gasteiger partial charge >= 0.3 is 0 Å². The minimum absolute atomic E-state index is 0.178. The van der Waals surface area contributed by atoms with Gasteiger partial charge in [-0.15, -0.1) is 0 Å². The van der Waals surface area contributed by atoms with Gasteiger partial charge in [0, 0.05) is 21.4 Å². The molecule has 0 atom stereocenters. The third-order valence-electron chi connectivity index (χ3n) is 3.02. The molecule has 0 saturated carbocycles. The Balaban J connectivity index is 2.17. The molecule has 2 aromatic carbocycles. The monoisotopic (exact) mass is 348 g/mol. The van der Waals surface area contributed by atoms with E-state index in [1.807, 2.05) is 32.0 Å². The molecule has 1 amide bonds. The summed E-state index contributed by atoms with van der Waals surface area (Å²) in [5.74, 6) is 0.617. The Morgan fingerprint density at radius 3 is 2.67 bits per heavy atom. The zero-order valence-corrected chi connectivity index (χ0v) is 13.5. The Kier molecular flexibility index (Phi) is 4.85. The number of nitrogens with one attached hydrogen (secondary N) is 1. The lowest BCUT2D eigenvalue weighted by atomic mass is 10.1. The van der Waals surface area contributed by atoms with Crippen LogP contribution in [0.5, 0.6) is 5.75 Å². The SMILES string of the molecule is CCOc1ccc(NC(=O)c2ccc(N)c(Br)c2)c(C)c1. The standard InChI is InChI=1S/C16H17BrN2O2/c1-3-21-12-5-7-15(10(2)8-12)19-16(20)11-4-6-14(18)13(17)9-11/h4-9H,3,18H2,1-2H3,(H,19,20). The summed E-state index contributed by atoms with van der Waals surface area (Å²) in [4.78, 5) is 12.2. The molecule has 3 N–H and O–H groups in total. The van der Waals surface area contributed by atoms with E-state index in [1.54, 1.807) is 18.2 Å². The van der Waals surface area contributed by atoms with E-state index in [0.29, 0.717) is 22.3 Å². The summed E-state index contributed by atoms with van der Waals surface area (Å²) >= 11 is 3.32. The molecule has 0 aliphatic rings. The summed E-state index contributed by atoms with van der Waals surface area (Å²) in [7, 11) is 0. The Hall–Kier alpha value is -2.01. The molecule has 0 unspecified atom stereocenters. The zero-order valence-electron chi connectivity index (χ0n) is 11.9. The molecule has 0 spiro atoms. The number of carbonyl (C=O) groups excluding carboxylic acids is 1. The Labute approximate surface area is 132 Å². The lowest BCUT2D eigenvalue weighted by molar-refractivity contribution is 0.102. The number of anilines is 2. The van der Waals surface area contributed by atoms with Crippen molar-refractivity contribution in [3.8, 4) is 5.75 Å². The van der Waals surface area contributed by atoms with Gasteiger partial charge in [-0.05, 0) is 71.7 Å². The van der Waals surface area contributed by atoms with Crippen LogP contribution in [-0.2, 0) is 0 Å². The third kappa shape index (κ3) is 3.76. The summed E-state index contributed by atoms with van der Waals surface area (Å²) in [5, 5.41) is 2.89. The van der Waals surface area contributed by atoms with E-state index in [1.165, 1.54) is 0 Å². The molecule has 0 fully saturated rings. The fourth-order valence-corrected chi connectivity index (χ4v) is 2.27. The van der Waals surface area contributed by atoms with Crippen LogP contribution in [0.1, 0.15) is 22.8 Å². The smallest absolute Gasteiger partial charge is 0.255 e. The largest absolute Gasteiger partial charge is 0.494 e. The lowest BCUT2D eigenvalue weighted by Crippen LogP contribution is -2.13. The third-order valence-corrected chi connectivity index (χ3v) is 3.71. The topological polar surface area (TPSA) is 64.3 Å². The van der Waals surface area contributed by atoms with Crippen LogP contribution in [0.2, 0.25) is 0 Å². The Morgan fingerprint density at radius 1 is 1.29 bits per heavy atom. The van der Waals surface area contributed by atoms with E-state index in [0.717, 1.165) is 17.0 Å². The fourth-order valence-electron chi connectivity index (χ4n) is 1.90. The molecule has 0 bridgehead atoms. The second-order valence-electron chi connectivity index (χ2n) is 4.60. The van der Waals surface area contributed by atoms with Crippen LogP contribution in [0.15, 0.2) is 40.9 Å². The molecular formula is C16H17BrN2O2. The van der Waals surface area contributed by atoms with Crippen LogP contribution >= 0.6 is 15.9 Å². The number of rotatable bonds is 4. The highest BCUT2D eigenvalue weighted by atomic mass is 79.9. The first-order chi connectivity index (χ1) is 10.0. The minimum Gasteiger partial charge on any atom is -0.494 e. The molecule has 0 radical (unpaired) electrons. The average Bonchev–Trinajstić information content (AvgIpc) is 2.45. The van der Waals surface area contributed by atoms with Crippen molar-refractivity contribution in [2.24, 2.45) is 0 Å². The first-order valence-corrected chi connectivity index (χ1v) is 7.40. The number of halogens is 1. The molecular weight excluding hydrogens is 332 g/mol. The molecule has 5 heteroatoms. The minimum atomic E-state index is -0.178. The van der Waals surface area contributed by atoms with Gasteiger partial charge in [0.05, 0.1) is 6.61 Å². The van der Waals surface area contributed by atoms with Gasteiger partial charge < -0.3 is 15.8 Å². The van der Waals surface area contributed by atoms with E-state index in [4.69, 9.17) is 10.5 Å². The number of hydrogen-bond acceptors (Lipinski definition) is 3. The molecule has 0 aromatic heterocycles. The lowest BCUT2D eigenvalue weighted by Gasteiger charge is -2.11. The first kappa shape index (κ1) is 15.4.